The molecule has 19 heavy (non-hydrogen) atoms. The van der Waals surface area contributed by atoms with Gasteiger partial charge < -0.3 is 10.4 Å². The van der Waals surface area contributed by atoms with Crippen LogP contribution in [0.4, 0.5) is 0 Å². The quantitative estimate of drug-likeness (QED) is 0.852. The molecule has 2 rings (SSSR count). The normalized spacial score (nSPS) is 11.0. The van der Waals surface area contributed by atoms with Gasteiger partial charge in [0.1, 0.15) is 0 Å². The molecule has 2 aromatic rings. The molecule has 0 fully saturated rings. The topological polar surface area (TPSA) is 66.4 Å². The van der Waals surface area contributed by atoms with Crippen LogP contribution in [0.1, 0.15) is 5.56 Å². The van der Waals surface area contributed by atoms with Gasteiger partial charge in [0.25, 0.3) is 0 Å². The predicted molar refractivity (Wildman–Crippen MR) is 75.5 cm³/mol. The number of aliphatic carboxylic acids is 1. The summed E-state index contributed by atoms with van der Waals surface area (Å²) in [6.45, 7) is 0.336. The summed E-state index contributed by atoms with van der Waals surface area (Å²) in [5.74, 6) is -1.59. The predicted octanol–water partition coefficient (Wildman–Crippen LogP) is 2.81. The standard InChI is InChI=1S/C13H10ClNO3S/c14-9-1-2-11-10(5-9)8(7-19-11)6-15-12(16)3-4-13(17)18/h1-5,7H,6H2,(H,15,16)(H,17,18)/b4-3+. The lowest BCUT2D eigenvalue weighted by atomic mass is 10.2. The molecule has 0 aliphatic rings. The summed E-state index contributed by atoms with van der Waals surface area (Å²) in [6, 6.07) is 5.60. The average molecular weight is 296 g/mol. The van der Waals surface area contributed by atoms with Crippen LogP contribution in [0.25, 0.3) is 10.1 Å². The SMILES string of the molecule is O=C(O)/C=C/C(=O)NCc1csc2ccc(Cl)cc12. The molecule has 1 amide bonds. The van der Waals surface area contributed by atoms with Crippen molar-refractivity contribution in [3.05, 3.63) is 46.3 Å². The van der Waals surface area contributed by atoms with Gasteiger partial charge in [-0.1, -0.05) is 11.6 Å². The van der Waals surface area contributed by atoms with Crippen molar-refractivity contribution in [2.45, 2.75) is 6.54 Å². The smallest absolute Gasteiger partial charge is 0.328 e. The molecule has 1 aromatic heterocycles. The monoisotopic (exact) mass is 295 g/mol. The van der Waals surface area contributed by atoms with Crippen molar-refractivity contribution >= 4 is 44.9 Å². The fourth-order valence-corrected chi connectivity index (χ4v) is 2.69. The first kappa shape index (κ1) is 13.6. The Labute approximate surface area is 118 Å². The molecule has 0 unspecified atom stereocenters. The summed E-state index contributed by atoms with van der Waals surface area (Å²) in [4.78, 5) is 21.6. The highest BCUT2D eigenvalue weighted by atomic mass is 35.5. The first-order valence-corrected chi connectivity index (χ1v) is 6.66. The van der Waals surface area contributed by atoms with Crippen LogP contribution < -0.4 is 5.32 Å². The Bertz CT molecular complexity index is 663. The van der Waals surface area contributed by atoms with Gasteiger partial charge in [0.2, 0.25) is 5.91 Å². The lowest BCUT2D eigenvalue weighted by Crippen LogP contribution is -2.20. The van der Waals surface area contributed by atoms with E-state index in [4.69, 9.17) is 16.7 Å². The molecule has 0 saturated carbocycles. The van der Waals surface area contributed by atoms with E-state index in [1.165, 1.54) is 0 Å². The van der Waals surface area contributed by atoms with Crippen molar-refractivity contribution in [1.29, 1.82) is 0 Å². The second-order valence-corrected chi connectivity index (χ2v) is 5.14. The molecule has 98 valence electrons. The third-order valence-corrected chi connectivity index (χ3v) is 3.69. The van der Waals surface area contributed by atoms with E-state index in [0.717, 1.165) is 27.8 Å². The zero-order chi connectivity index (χ0) is 13.8. The Balaban J connectivity index is 2.08. The number of thiophene rings is 1. The van der Waals surface area contributed by atoms with Gasteiger partial charge in [-0.15, -0.1) is 11.3 Å². The van der Waals surface area contributed by atoms with Crippen molar-refractivity contribution < 1.29 is 14.7 Å². The number of carboxylic acids is 1. The summed E-state index contributed by atoms with van der Waals surface area (Å²) in [6.07, 6.45) is 1.79. The van der Waals surface area contributed by atoms with Crippen LogP contribution in [0.3, 0.4) is 0 Å². The fraction of sp³-hybridized carbons (Fsp3) is 0.0769. The van der Waals surface area contributed by atoms with Crippen LogP contribution >= 0.6 is 22.9 Å². The number of halogens is 1. The highest BCUT2D eigenvalue weighted by molar-refractivity contribution is 7.17. The molecule has 1 heterocycles. The fourth-order valence-electron chi connectivity index (χ4n) is 1.58. The molecule has 2 N–H and O–H groups in total. The maximum absolute atomic E-state index is 11.4. The van der Waals surface area contributed by atoms with Crippen molar-refractivity contribution in [3.8, 4) is 0 Å². The molecule has 0 aliphatic heterocycles. The minimum atomic E-state index is -1.15. The number of hydrogen-bond acceptors (Lipinski definition) is 3. The number of carboxylic acid groups (broad SMARTS) is 1. The number of nitrogens with one attached hydrogen (secondary N) is 1. The summed E-state index contributed by atoms with van der Waals surface area (Å²) in [7, 11) is 0. The second-order valence-electron chi connectivity index (χ2n) is 3.79. The van der Waals surface area contributed by atoms with E-state index < -0.39 is 11.9 Å². The first-order valence-electron chi connectivity index (χ1n) is 5.41. The lowest BCUT2D eigenvalue weighted by Gasteiger charge is -2.01. The number of fused-ring (bicyclic) bond motifs is 1. The van der Waals surface area contributed by atoms with Crippen LogP contribution in [0.5, 0.6) is 0 Å². The van der Waals surface area contributed by atoms with Gasteiger partial charge in [0.05, 0.1) is 0 Å². The molecule has 1 aromatic carbocycles. The zero-order valence-corrected chi connectivity index (χ0v) is 11.3. The molecule has 4 nitrogen and oxygen atoms in total. The highest BCUT2D eigenvalue weighted by Crippen LogP contribution is 2.28. The molecule has 0 bridgehead atoms. The number of carbonyl (C=O) groups is 2. The van der Waals surface area contributed by atoms with E-state index in [0.29, 0.717) is 11.6 Å². The first-order chi connectivity index (χ1) is 9.06. The third-order valence-electron chi connectivity index (χ3n) is 2.45. The average Bonchev–Trinajstić information content (AvgIpc) is 2.76. The van der Waals surface area contributed by atoms with Crippen LogP contribution in [0.15, 0.2) is 35.7 Å². The summed E-state index contributed by atoms with van der Waals surface area (Å²) >= 11 is 7.51. The Morgan fingerprint density at radius 1 is 1.37 bits per heavy atom. The van der Waals surface area contributed by atoms with Gasteiger partial charge in [-0.3, -0.25) is 4.79 Å². The van der Waals surface area contributed by atoms with Crippen molar-refractivity contribution in [3.63, 3.8) is 0 Å². The number of benzene rings is 1. The van der Waals surface area contributed by atoms with Gasteiger partial charge in [-0.2, -0.15) is 0 Å². The molecule has 0 radical (unpaired) electrons. The minimum absolute atomic E-state index is 0.336. The molecule has 0 saturated heterocycles. The maximum Gasteiger partial charge on any atom is 0.328 e. The Kier molecular flexibility index (Phi) is 4.19. The molecule has 0 aliphatic carbocycles. The number of carbonyl (C=O) groups excluding carboxylic acids is 1. The van der Waals surface area contributed by atoms with Crippen molar-refractivity contribution in [2.24, 2.45) is 0 Å². The van der Waals surface area contributed by atoms with E-state index in [1.54, 1.807) is 11.3 Å². The number of hydrogen-bond donors (Lipinski definition) is 2. The second kappa shape index (κ2) is 5.86. The Morgan fingerprint density at radius 2 is 2.16 bits per heavy atom. The van der Waals surface area contributed by atoms with E-state index in [1.807, 2.05) is 23.6 Å². The van der Waals surface area contributed by atoms with Crippen LogP contribution in [0, 0.1) is 0 Å². The van der Waals surface area contributed by atoms with Crippen LogP contribution in [-0.2, 0) is 16.1 Å². The van der Waals surface area contributed by atoms with Gasteiger partial charge in [0, 0.05) is 28.4 Å². The summed E-state index contributed by atoms with van der Waals surface area (Å²) < 4.78 is 1.09. The molecular formula is C13H10ClNO3S. The molecular weight excluding hydrogens is 286 g/mol. The van der Waals surface area contributed by atoms with Gasteiger partial charge in [-0.05, 0) is 34.5 Å². The van der Waals surface area contributed by atoms with Gasteiger partial charge in [0.15, 0.2) is 0 Å². The zero-order valence-electron chi connectivity index (χ0n) is 9.72. The van der Waals surface area contributed by atoms with E-state index in [-0.39, 0.29) is 0 Å². The largest absolute Gasteiger partial charge is 0.478 e. The van der Waals surface area contributed by atoms with E-state index in [9.17, 15) is 9.59 Å². The number of rotatable bonds is 4. The maximum atomic E-state index is 11.4. The highest BCUT2D eigenvalue weighted by Gasteiger charge is 2.05. The summed E-state index contributed by atoms with van der Waals surface area (Å²) in [5, 5.41) is 14.6. The molecule has 0 spiro atoms. The van der Waals surface area contributed by atoms with E-state index >= 15 is 0 Å². The molecule has 6 heteroatoms. The number of amides is 1. The Hall–Kier alpha value is -1.85. The van der Waals surface area contributed by atoms with Gasteiger partial charge in [-0.25, -0.2) is 4.79 Å². The Morgan fingerprint density at radius 3 is 2.89 bits per heavy atom. The molecule has 0 atom stereocenters. The van der Waals surface area contributed by atoms with Gasteiger partial charge >= 0.3 is 5.97 Å². The summed E-state index contributed by atoms with van der Waals surface area (Å²) in [5.41, 5.74) is 0.958. The lowest BCUT2D eigenvalue weighted by molar-refractivity contribution is -0.131. The van der Waals surface area contributed by atoms with Crippen LogP contribution in [0.2, 0.25) is 5.02 Å². The minimum Gasteiger partial charge on any atom is -0.478 e. The van der Waals surface area contributed by atoms with Crippen molar-refractivity contribution in [2.75, 3.05) is 0 Å². The van der Waals surface area contributed by atoms with Crippen LogP contribution in [-0.4, -0.2) is 17.0 Å². The van der Waals surface area contributed by atoms with Crippen molar-refractivity contribution in [1.82, 2.24) is 5.32 Å². The van der Waals surface area contributed by atoms with E-state index in [2.05, 4.69) is 5.32 Å². The third kappa shape index (κ3) is 3.56.